The van der Waals surface area contributed by atoms with E-state index in [0.29, 0.717) is 0 Å². The number of ether oxygens (including phenoxy) is 1. The third kappa shape index (κ3) is 12.9. The zero-order chi connectivity index (χ0) is 24.1. The van der Waals surface area contributed by atoms with Crippen LogP contribution in [-0.4, -0.2) is 16.6 Å². The molecule has 34 heavy (non-hydrogen) atoms. The topological polar surface area (TPSA) is 35.0 Å². The number of rotatable bonds is 20. The Kier molecular flexibility index (Phi) is 15.8. The fourth-order valence-electron chi connectivity index (χ4n) is 4.08. The van der Waals surface area contributed by atoms with E-state index in [4.69, 9.17) is 4.74 Å². The molecule has 0 N–H and O–H groups in total. The molecule has 0 atom stereocenters. The normalized spacial score (nSPS) is 11.4. The van der Waals surface area contributed by atoms with Gasteiger partial charge in [0.25, 0.3) is 0 Å². The second-order valence-electron chi connectivity index (χ2n) is 9.48. The van der Waals surface area contributed by atoms with Crippen LogP contribution in [-0.2, 0) is 6.42 Å². The zero-order valence-electron chi connectivity index (χ0n) is 21.9. The maximum Gasteiger partial charge on any atom is 0.159 e. The van der Waals surface area contributed by atoms with E-state index in [0.717, 1.165) is 36.6 Å². The van der Waals surface area contributed by atoms with E-state index in [2.05, 4.69) is 48.1 Å². The van der Waals surface area contributed by atoms with Gasteiger partial charge in [-0.05, 0) is 68.4 Å². The summed E-state index contributed by atoms with van der Waals surface area (Å²) in [6.45, 7) is 5.30. The van der Waals surface area contributed by atoms with E-state index in [1.54, 1.807) is 0 Å². The molecule has 0 saturated carbocycles. The molecule has 0 amide bonds. The molecule has 0 aliphatic rings. The van der Waals surface area contributed by atoms with Crippen molar-refractivity contribution in [3.05, 3.63) is 54.4 Å². The molecule has 2 aromatic rings. The van der Waals surface area contributed by atoms with Crippen LogP contribution < -0.4 is 4.74 Å². The largest absolute Gasteiger partial charge is 0.494 e. The number of benzene rings is 1. The molecular weight excluding hydrogens is 416 g/mol. The highest BCUT2D eigenvalue weighted by molar-refractivity contribution is 5.55. The van der Waals surface area contributed by atoms with Crippen LogP contribution in [0.2, 0.25) is 0 Å². The number of hydrogen-bond acceptors (Lipinski definition) is 3. The standard InChI is InChI=1S/C31H48N2O/c1-3-5-7-9-11-12-13-15-17-19-25-34-30-23-21-29(22-24-30)31-32-26-28(27-33-31)20-18-16-14-10-8-6-4-2/h9,11,21-24,26-27H,3-8,10,12-20,25H2,1-2H3/b11-9-. The first-order chi connectivity index (χ1) is 16.8. The molecule has 0 aliphatic carbocycles. The van der Waals surface area contributed by atoms with E-state index in [-0.39, 0.29) is 0 Å². The monoisotopic (exact) mass is 464 g/mol. The Bertz CT molecular complexity index is 752. The van der Waals surface area contributed by atoms with Crippen molar-refractivity contribution in [2.24, 2.45) is 0 Å². The SMILES string of the molecule is CCCC/C=C\CCCCCCOc1ccc(-c2ncc(CCCCCCCCC)cn2)cc1. The fraction of sp³-hybridized carbons (Fsp3) is 0.613. The molecule has 0 saturated heterocycles. The van der Waals surface area contributed by atoms with E-state index in [1.165, 1.54) is 95.5 Å². The highest BCUT2D eigenvalue weighted by atomic mass is 16.5. The molecule has 0 aliphatic heterocycles. The molecule has 1 heterocycles. The first kappa shape index (κ1) is 28.1. The van der Waals surface area contributed by atoms with Crippen LogP contribution in [0.15, 0.2) is 48.8 Å². The van der Waals surface area contributed by atoms with Crippen molar-refractivity contribution in [1.82, 2.24) is 9.97 Å². The van der Waals surface area contributed by atoms with Gasteiger partial charge in [-0.3, -0.25) is 0 Å². The minimum absolute atomic E-state index is 0.787. The van der Waals surface area contributed by atoms with E-state index in [1.807, 2.05) is 24.5 Å². The first-order valence-corrected chi connectivity index (χ1v) is 14.0. The second-order valence-corrected chi connectivity index (χ2v) is 9.48. The number of hydrogen-bond donors (Lipinski definition) is 0. The van der Waals surface area contributed by atoms with Crippen molar-refractivity contribution in [2.45, 2.75) is 117 Å². The van der Waals surface area contributed by atoms with Gasteiger partial charge in [-0.25, -0.2) is 9.97 Å². The summed E-state index contributed by atoms with van der Waals surface area (Å²) in [6.07, 6.45) is 29.1. The highest BCUT2D eigenvalue weighted by Crippen LogP contribution is 2.20. The minimum Gasteiger partial charge on any atom is -0.494 e. The smallest absolute Gasteiger partial charge is 0.159 e. The lowest BCUT2D eigenvalue weighted by molar-refractivity contribution is 0.305. The second kappa shape index (κ2) is 19.2. The van der Waals surface area contributed by atoms with Crippen LogP contribution in [0.3, 0.4) is 0 Å². The Hall–Kier alpha value is -2.16. The number of aromatic nitrogens is 2. The maximum absolute atomic E-state index is 5.92. The lowest BCUT2D eigenvalue weighted by atomic mass is 10.1. The van der Waals surface area contributed by atoms with Crippen LogP contribution in [0.5, 0.6) is 5.75 Å². The third-order valence-electron chi connectivity index (χ3n) is 6.31. The Morgan fingerprint density at radius 3 is 1.94 bits per heavy atom. The lowest BCUT2D eigenvalue weighted by Gasteiger charge is -2.07. The van der Waals surface area contributed by atoms with Crippen LogP contribution in [0.25, 0.3) is 11.4 Å². The third-order valence-corrected chi connectivity index (χ3v) is 6.31. The fourth-order valence-corrected chi connectivity index (χ4v) is 4.08. The predicted molar refractivity (Wildman–Crippen MR) is 146 cm³/mol. The van der Waals surface area contributed by atoms with Crippen molar-refractivity contribution in [3.63, 3.8) is 0 Å². The van der Waals surface area contributed by atoms with Gasteiger partial charge < -0.3 is 4.74 Å². The van der Waals surface area contributed by atoms with E-state index < -0.39 is 0 Å². The molecule has 3 heteroatoms. The van der Waals surface area contributed by atoms with E-state index in [9.17, 15) is 0 Å². The van der Waals surface area contributed by atoms with Crippen molar-refractivity contribution < 1.29 is 4.74 Å². The molecular formula is C31H48N2O. The molecule has 0 radical (unpaired) electrons. The van der Waals surface area contributed by atoms with Gasteiger partial charge in [0.2, 0.25) is 0 Å². The quantitative estimate of drug-likeness (QED) is 0.144. The van der Waals surface area contributed by atoms with Gasteiger partial charge in [0.15, 0.2) is 5.82 Å². The lowest BCUT2D eigenvalue weighted by Crippen LogP contribution is -1.97. The molecule has 0 spiro atoms. The van der Waals surface area contributed by atoms with Gasteiger partial charge in [0.1, 0.15) is 5.75 Å². The summed E-state index contributed by atoms with van der Waals surface area (Å²) in [4.78, 5) is 9.19. The van der Waals surface area contributed by atoms with Crippen molar-refractivity contribution in [1.29, 1.82) is 0 Å². The number of nitrogens with zero attached hydrogens (tertiary/aromatic N) is 2. The molecule has 2 rings (SSSR count). The van der Waals surface area contributed by atoms with Gasteiger partial charge >= 0.3 is 0 Å². The summed E-state index contributed by atoms with van der Waals surface area (Å²) in [7, 11) is 0. The molecule has 188 valence electrons. The maximum atomic E-state index is 5.92. The van der Waals surface area contributed by atoms with Crippen molar-refractivity contribution >= 4 is 0 Å². The average Bonchev–Trinajstić information content (AvgIpc) is 2.87. The summed E-state index contributed by atoms with van der Waals surface area (Å²) in [5.41, 5.74) is 2.28. The van der Waals surface area contributed by atoms with Gasteiger partial charge in [-0.2, -0.15) is 0 Å². The van der Waals surface area contributed by atoms with Crippen LogP contribution in [0, 0.1) is 0 Å². The van der Waals surface area contributed by atoms with E-state index >= 15 is 0 Å². The Morgan fingerprint density at radius 1 is 0.647 bits per heavy atom. The number of unbranched alkanes of at least 4 members (excludes halogenated alkanes) is 12. The minimum atomic E-state index is 0.787. The van der Waals surface area contributed by atoms with Gasteiger partial charge in [-0.15, -0.1) is 0 Å². The average molecular weight is 465 g/mol. The van der Waals surface area contributed by atoms with Crippen LogP contribution >= 0.6 is 0 Å². The van der Waals surface area contributed by atoms with Gasteiger partial charge in [-0.1, -0.05) is 90.2 Å². The highest BCUT2D eigenvalue weighted by Gasteiger charge is 2.03. The Labute approximate surface area is 209 Å². The van der Waals surface area contributed by atoms with Crippen LogP contribution in [0.4, 0.5) is 0 Å². The Morgan fingerprint density at radius 2 is 1.24 bits per heavy atom. The zero-order valence-corrected chi connectivity index (χ0v) is 21.9. The molecule has 0 unspecified atom stereocenters. The number of aryl methyl sites for hydroxylation is 1. The van der Waals surface area contributed by atoms with Crippen molar-refractivity contribution in [3.8, 4) is 17.1 Å². The van der Waals surface area contributed by atoms with Gasteiger partial charge in [0.05, 0.1) is 6.61 Å². The van der Waals surface area contributed by atoms with Crippen molar-refractivity contribution in [2.75, 3.05) is 6.61 Å². The molecule has 0 fully saturated rings. The number of allylic oxidation sites excluding steroid dienone is 2. The summed E-state index contributed by atoms with van der Waals surface area (Å²) in [5, 5.41) is 0. The molecule has 0 bridgehead atoms. The Balaban J connectivity index is 1.58. The molecule has 3 nitrogen and oxygen atoms in total. The summed E-state index contributed by atoms with van der Waals surface area (Å²) < 4.78 is 5.92. The summed E-state index contributed by atoms with van der Waals surface area (Å²) in [6, 6.07) is 8.19. The van der Waals surface area contributed by atoms with Crippen LogP contribution in [0.1, 0.15) is 116 Å². The first-order valence-electron chi connectivity index (χ1n) is 14.0. The van der Waals surface area contributed by atoms with Gasteiger partial charge in [0, 0.05) is 18.0 Å². The predicted octanol–water partition coefficient (Wildman–Crippen LogP) is 9.51. The summed E-state index contributed by atoms with van der Waals surface area (Å²) >= 11 is 0. The summed E-state index contributed by atoms with van der Waals surface area (Å²) in [5.74, 6) is 1.72. The molecule has 1 aromatic heterocycles. The molecule has 1 aromatic carbocycles.